The molecule has 3 radical (unpaired) electrons. The Bertz CT molecular complexity index is 17.7. The van der Waals surface area contributed by atoms with Crippen LogP contribution in [0.5, 0.6) is 0 Å². The van der Waals surface area contributed by atoms with Crippen LogP contribution >= 0.6 is 0 Å². The summed E-state index contributed by atoms with van der Waals surface area (Å²) >= 11 is 0. The molecule has 0 heterocycles. The minimum atomic E-state index is 0. The van der Waals surface area contributed by atoms with Crippen LogP contribution in [0.15, 0.2) is 0 Å². The van der Waals surface area contributed by atoms with E-state index in [1.807, 2.05) is 0 Å². The van der Waals surface area contributed by atoms with Crippen molar-refractivity contribution in [2.45, 2.75) is 7.43 Å². The molecule has 0 aliphatic heterocycles. The summed E-state index contributed by atoms with van der Waals surface area (Å²) in [5, 5.41) is 0. The van der Waals surface area contributed by atoms with E-state index in [-0.39, 0.29) is 45.9 Å². The third-order valence-electron chi connectivity index (χ3n) is 0. The molecule has 0 aliphatic carbocycles. The average Bonchev–Trinajstić information content (AvgIpc) is 0. The molecule has 0 fully saturated rings. The fraction of sp³-hybridized carbons (Fsp3) is 1.00. The van der Waals surface area contributed by atoms with Crippen molar-refractivity contribution in [3.05, 3.63) is 0 Å². The van der Waals surface area contributed by atoms with Gasteiger partial charge in [-0.1, -0.05) is 7.43 Å². The van der Waals surface area contributed by atoms with Crippen LogP contribution in [-0.4, -0.2) is 29.5 Å². The van der Waals surface area contributed by atoms with E-state index < -0.39 is 0 Å². The van der Waals surface area contributed by atoms with Gasteiger partial charge in [-0.3, -0.25) is 0 Å². The van der Waals surface area contributed by atoms with E-state index in [4.69, 9.17) is 0 Å². The number of rotatable bonds is 0. The molecule has 5 heavy (non-hydrogen) atoms. The second kappa shape index (κ2) is 304. The first kappa shape index (κ1) is 624. The maximum atomic E-state index is 0. The molecular weight excluding hydrogens is 73.9 g/mol. The van der Waals surface area contributed by atoms with Gasteiger partial charge in [0.25, 0.3) is 0 Å². The van der Waals surface area contributed by atoms with Crippen LogP contribution < -0.4 is 6.15 Å². The fourth-order valence-corrected chi connectivity index (χ4v) is 0. The van der Waals surface area contributed by atoms with Crippen molar-refractivity contribution in [3.63, 3.8) is 0 Å². The monoisotopic (exact) mass is 87.1 g/mol. The molecule has 0 saturated carbocycles. The summed E-state index contributed by atoms with van der Waals surface area (Å²) in [6, 6.07) is 0. The molecule has 0 spiro atoms. The van der Waals surface area contributed by atoms with Gasteiger partial charge in [0, 0.05) is 8.41 Å². The minimum absolute atomic E-state index is 0. The molecule has 1 nitrogen and oxygen atoms in total. The first-order valence-corrected chi connectivity index (χ1v) is 0. The molecule has 0 bridgehead atoms. The molecule has 0 atom stereocenters. The molecular formula is CH13BBeNSi. The Labute approximate surface area is 46.9 Å². The average molecular weight is 87.0 g/mol. The molecule has 31 valence electrons. The molecule has 0 unspecified atom stereocenters. The van der Waals surface area contributed by atoms with Crippen LogP contribution in [0.1, 0.15) is 10.3 Å². The van der Waals surface area contributed by atoms with Crippen LogP contribution in [0.2, 0.25) is 0 Å². The zero-order valence-electron chi connectivity index (χ0n) is 3.99. The Morgan fingerprint density at radius 1 is 1.20 bits per heavy atom. The molecule has 0 aromatic carbocycles. The van der Waals surface area contributed by atoms with E-state index in [9.17, 15) is 0 Å². The van der Waals surface area contributed by atoms with E-state index in [0.29, 0.717) is 0 Å². The van der Waals surface area contributed by atoms with Gasteiger partial charge in [-0.15, -0.1) is 0 Å². The Morgan fingerprint density at radius 2 is 1.20 bits per heavy atom. The van der Waals surface area contributed by atoms with Crippen LogP contribution in [0.4, 0.5) is 0 Å². The van der Waals surface area contributed by atoms with Crippen molar-refractivity contribution in [3.8, 4) is 0 Å². The second-order valence-corrected chi connectivity index (χ2v) is 0. The molecule has 0 aliphatic rings. The van der Waals surface area contributed by atoms with E-state index in [2.05, 4.69) is 0 Å². The quantitative estimate of drug-likeness (QED) is 0.370. The molecule has 0 amide bonds. The normalized spacial score (nSPS) is 0. The molecule has 0 saturated heterocycles. The summed E-state index contributed by atoms with van der Waals surface area (Å²) in [7, 11) is 0. The van der Waals surface area contributed by atoms with Gasteiger partial charge < -0.3 is 9.00 Å². The first-order chi connectivity index (χ1) is 0. The van der Waals surface area contributed by atoms with Crippen molar-refractivity contribution in [1.82, 2.24) is 6.15 Å². The summed E-state index contributed by atoms with van der Waals surface area (Å²) in [5.74, 6) is 0. The predicted molar refractivity (Wildman–Crippen MR) is 36.8 cm³/mol. The molecule has 3 N–H and O–H groups in total. The SMILES string of the molecule is C.N.[B].[Be+2].[H-].[H-].[SiH4]. The minimum Gasteiger partial charge on any atom is -1.00 e. The Kier molecular flexibility index (Phi) is 38000. The molecule has 0 aromatic rings. The van der Waals surface area contributed by atoms with Crippen molar-refractivity contribution >= 4 is 29.5 Å². The van der Waals surface area contributed by atoms with Gasteiger partial charge in [0.2, 0.25) is 0 Å². The Balaban J connectivity index is 0. The van der Waals surface area contributed by atoms with E-state index in [1.54, 1.807) is 0 Å². The second-order valence-electron chi connectivity index (χ2n) is 0. The van der Waals surface area contributed by atoms with Crippen molar-refractivity contribution < 1.29 is 2.85 Å². The fourth-order valence-electron chi connectivity index (χ4n) is 0. The van der Waals surface area contributed by atoms with Crippen molar-refractivity contribution in [2.75, 3.05) is 0 Å². The molecule has 0 aromatic heterocycles. The van der Waals surface area contributed by atoms with E-state index in [1.165, 1.54) is 0 Å². The predicted octanol–water partition coefficient (Wildman–Crippen LogP) is -1.19. The van der Waals surface area contributed by atoms with Crippen molar-refractivity contribution in [1.29, 1.82) is 0 Å². The number of hydrogen-bond acceptors (Lipinski definition) is 1. The van der Waals surface area contributed by atoms with Gasteiger partial charge >= 0.3 is 10.1 Å². The van der Waals surface area contributed by atoms with E-state index >= 15 is 0 Å². The smallest absolute Gasteiger partial charge is 1.00 e. The zero-order valence-corrected chi connectivity index (χ0v) is 1.99. The van der Waals surface area contributed by atoms with Crippen LogP contribution in [-0.2, 0) is 0 Å². The Morgan fingerprint density at radius 3 is 1.20 bits per heavy atom. The van der Waals surface area contributed by atoms with Crippen LogP contribution in [0.25, 0.3) is 0 Å². The summed E-state index contributed by atoms with van der Waals surface area (Å²) in [5.41, 5.74) is 0. The van der Waals surface area contributed by atoms with Gasteiger partial charge in [0.15, 0.2) is 0 Å². The van der Waals surface area contributed by atoms with Gasteiger partial charge in [-0.2, -0.15) is 0 Å². The Hall–Kier alpha value is 0.411. The molecule has 0 rings (SSSR count). The number of hydrogen-bond donors (Lipinski definition) is 1. The van der Waals surface area contributed by atoms with Crippen molar-refractivity contribution in [2.24, 2.45) is 0 Å². The van der Waals surface area contributed by atoms with Gasteiger partial charge in [-0.05, 0) is 11.0 Å². The molecule has 4 heteroatoms. The third-order valence-corrected chi connectivity index (χ3v) is 0. The summed E-state index contributed by atoms with van der Waals surface area (Å²) in [4.78, 5) is 0. The summed E-state index contributed by atoms with van der Waals surface area (Å²) in [6.45, 7) is 0. The van der Waals surface area contributed by atoms with Gasteiger partial charge in [-0.25, -0.2) is 0 Å². The van der Waals surface area contributed by atoms with Gasteiger partial charge in [0.1, 0.15) is 0 Å². The summed E-state index contributed by atoms with van der Waals surface area (Å²) in [6.07, 6.45) is 0. The van der Waals surface area contributed by atoms with E-state index in [0.717, 1.165) is 0 Å². The summed E-state index contributed by atoms with van der Waals surface area (Å²) < 4.78 is 0. The van der Waals surface area contributed by atoms with Gasteiger partial charge in [0.05, 0.1) is 0 Å². The van der Waals surface area contributed by atoms with Crippen LogP contribution in [0, 0.1) is 0 Å². The zero-order chi connectivity index (χ0) is 0. The first-order valence-electron chi connectivity index (χ1n) is 0. The topological polar surface area (TPSA) is 35.0 Å². The largest absolute Gasteiger partial charge is 2.00 e. The maximum Gasteiger partial charge on any atom is 2.00 e. The van der Waals surface area contributed by atoms with Crippen LogP contribution in [0.3, 0.4) is 0 Å². The maximum absolute atomic E-state index is 0. The third kappa shape index (κ3) is 152. The standard InChI is InChI=1S/CH4.B.Be.H3N.H4Si.2H/h1H4;;;1H3;1H4;;/q;;+2;;;2*-1.